The second-order valence-electron chi connectivity index (χ2n) is 2.08. The van der Waals surface area contributed by atoms with Gasteiger partial charge in [-0.1, -0.05) is 11.6 Å². The van der Waals surface area contributed by atoms with Gasteiger partial charge in [-0.25, -0.2) is 0 Å². The SMILES string of the molecule is ClC1=NNCn2cccc21. The average Bonchev–Trinajstić information content (AvgIpc) is 2.36. The standard InChI is InChI=1S/C6H6ClN3/c7-6-5-2-1-3-10(5)4-8-9-6/h1-3,8H,4H2. The Morgan fingerprint density at radius 2 is 2.60 bits per heavy atom. The number of fused-ring (bicyclic) bond motifs is 1. The van der Waals surface area contributed by atoms with Crippen LogP contribution < -0.4 is 5.43 Å². The van der Waals surface area contributed by atoms with Crippen molar-refractivity contribution in [3.63, 3.8) is 0 Å². The monoisotopic (exact) mass is 155 g/mol. The van der Waals surface area contributed by atoms with Crippen LogP contribution in [0.5, 0.6) is 0 Å². The van der Waals surface area contributed by atoms with Crippen molar-refractivity contribution in [2.24, 2.45) is 5.10 Å². The topological polar surface area (TPSA) is 29.3 Å². The summed E-state index contributed by atoms with van der Waals surface area (Å²) in [6, 6.07) is 3.88. The molecule has 4 heteroatoms. The van der Waals surface area contributed by atoms with Crippen LogP contribution >= 0.6 is 11.6 Å². The van der Waals surface area contributed by atoms with Gasteiger partial charge in [0.1, 0.15) is 6.67 Å². The molecule has 0 atom stereocenters. The van der Waals surface area contributed by atoms with Crippen molar-refractivity contribution in [2.75, 3.05) is 0 Å². The van der Waals surface area contributed by atoms with Crippen LogP contribution in [0, 0.1) is 0 Å². The highest BCUT2D eigenvalue weighted by Crippen LogP contribution is 2.08. The summed E-state index contributed by atoms with van der Waals surface area (Å²) in [5.74, 6) is 0. The van der Waals surface area contributed by atoms with E-state index in [-0.39, 0.29) is 0 Å². The lowest BCUT2D eigenvalue weighted by molar-refractivity contribution is 0.566. The molecule has 0 saturated heterocycles. The van der Waals surface area contributed by atoms with Crippen molar-refractivity contribution in [3.8, 4) is 0 Å². The zero-order valence-corrected chi connectivity index (χ0v) is 5.97. The normalized spacial score (nSPS) is 15.5. The van der Waals surface area contributed by atoms with E-state index in [1.807, 2.05) is 22.9 Å². The minimum Gasteiger partial charge on any atom is -0.326 e. The Hall–Kier alpha value is -0.960. The molecule has 0 aromatic carbocycles. The van der Waals surface area contributed by atoms with Crippen LogP contribution in [0.15, 0.2) is 23.4 Å². The summed E-state index contributed by atoms with van der Waals surface area (Å²) in [7, 11) is 0. The van der Waals surface area contributed by atoms with Crippen LogP contribution in [0.25, 0.3) is 0 Å². The molecule has 0 bridgehead atoms. The molecule has 2 heterocycles. The highest BCUT2D eigenvalue weighted by atomic mass is 35.5. The van der Waals surface area contributed by atoms with Gasteiger partial charge < -0.3 is 4.57 Å². The number of halogens is 1. The number of rotatable bonds is 0. The van der Waals surface area contributed by atoms with Gasteiger partial charge in [-0.05, 0) is 12.1 Å². The van der Waals surface area contributed by atoms with E-state index in [1.165, 1.54) is 0 Å². The van der Waals surface area contributed by atoms with Crippen LogP contribution in [0.3, 0.4) is 0 Å². The van der Waals surface area contributed by atoms with Crippen molar-refractivity contribution >= 4 is 16.8 Å². The summed E-state index contributed by atoms with van der Waals surface area (Å²) in [6.07, 6.45) is 1.96. The molecule has 3 nitrogen and oxygen atoms in total. The van der Waals surface area contributed by atoms with E-state index < -0.39 is 0 Å². The number of hydrazone groups is 1. The van der Waals surface area contributed by atoms with Gasteiger partial charge in [0.25, 0.3) is 0 Å². The maximum atomic E-state index is 5.76. The van der Waals surface area contributed by atoms with Crippen LogP contribution in [0.4, 0.5) is 0 Å². The number of aromatic nitrogens is 1. The first kappa shape index (κ1) is 5.80. The Labute approximate surface area is 63.3 Å². The first-order valence-corrected chi connectivity index (χ1v) is 3.37. The molecule has 1 aliphatic heterocycles. The molecule has 0 saturated carbocycles. The van der Waals surface area contributed by atoms with Gasteiger partial charge in [0.15, 0.2) is 5.17 Å². The van der Waals surface area contributed by atoms with E-state index in [2.05, 4.69) is 10.5 Å². The van der Waals surface area contributed by atoms with Gasteiger partial charge in [-0.2, -0.15) is 5.10 Å². The second kappa shape index (κ2) is 2.02. The van der Waals surface area contributed by atoms with Gasteiger partial charge in [0.2, 0.25) is 0 Å². The maximum Gasteiger partial charge on any atom is 0.172 e. The van der Waals surface area contributed by atoms with Crippen LogP contribution in [0.2, 0.25) is 0 Å². The predicted molar refractivity (Wildman–Crippen MR) is 40.0 cm³/mol. The molecule has 1 aliphatic rings. The van der Waals surface area contributed by atoms with Gasteiger partial charge in [0, 0.05) is 6.20 Å². The van der Waals surface area contributed by atoms with Crippen molar-refractivity contribution < 1.29 is 0 Å². The third-order valence-corrected chi connectivity index (χ3v) is 1.74. The van der Waals surface area contributed by atoms with Gasteiger partial charge >= 0.3 is 0 Å². The Bertz CT molecular complexity index is 276. The van der Waals surface area contributed by atoms with E-state index in [4.69, 9.17) is 11.6 Å². The molecule has 10 heavy (non-hydrogen) atoms. The largest absolute Gasteiger partial charge is 0.326 e. The van der Waals surface area contributed by atoms with Crippen LogP contribution in [-0.4, -0.2) is 9.74 Å². The number of nitrogens with zero attached hydrogens (tertiary/aromatic N) is 2. The number of hydrogen-bond acceptors (Lipinski definition) is 2. The molecule has 2 rings (SSSR count). The third kappa shape index (κ3) is 0.708. The summed E-state index contributed by atoms with van der Waals surface area (Å²) in [6.45, 7) is 0.707. The number of hydrogen-bond donors (Lipinski definition) is 1. The van der Waals surface area contributed by atoms with Crippen molar-refractivity contribution in [2.45, 2.75) is 6.67 Å². The minimum atomic E-state index is 0.524. The molecule has 0 unspecified atom stereocenters. The zero-order valence-electron chi connectivity index (χ0n) is 5.21. The van der Waals surface area contributed by atoms with E-state index in [9.17, 15) is 0 Å². The van der Waals surface area contributed by atoms with Crippen LogP contribution in [-0.2, 0) is 6.67 Å². The molecular formula is C6H6ClN3. The highest BCUT2D eigenvalue weighted by Gasteiger charge is 2.08. The molecule has 1 aromatic rings. The van der Waals surface area contributed by atoms with E-state index in [1.54, 1.807) is 0 Å². The Kier molecular flexibility index (Phi) is 1.17. The van der Waals surface area contributed by atoms with Gasteiger partial charge in [0.05, 0.1) is 5.69 Å². The lowest BCUT2D eigenvalue weighted by Crippen LogP contribution is -2.22. The zero-order chi connectivity index (χ0) is 6.97. The quantitative estimate of drug-likeness (QED) is 0.594. The highest BCUT2D eigenvalue weighted by molar-refractivity contribution is 6.69. The molecule has 1 N–H and O–H groups in total. The summed E-state index contributed by atoms with van der Waals surface area (Å²) < 4.78 is 2.00. The van der Waals surface area contributed by atoms with E-state index >= 15 is 0 Å². The van der Waals surface area contributed by atoms with Gasteiger partial charge in [-0.15, -0.1) is 0 Å². The molecule has 0 fully saturated rings. The molecule has 0 radical (unpaired) electrons. The third-order valence-electron chi connectivity index (χ3n) is 1.46. The van der Waals surface area contributed by atoms with E-state index in [0.29, 0.717) is 11.8 Å². The molecule has 1 aromatic heterocycles. The van der Waals surface area contributed by atoms with Crippen LogP contribution in [0.1, 0.15) is 5.69 Å². The molecule has 52 valence electrons. The Morgan fingerprint density at radius 1 is 1.70 bits per heavy atom. The fraction of sp³-hybridized carbons (Fsp3) is 0.167. The summed E-state index contributed by atoms with van der Waals surface area (Å²) in [4.78, 5) is 0. The lowest BCUT2D eigenvalue weighted by atomic mass is 10.4. The first-order chi connectivity index (χ1) is 4.88. The Balaban J connectivity index is 2.55. The fourth-order valence-corrected chi connectivity index (χ4v) is 1.21. The predicted octanol–water partition coefficient (Wildman–Crippen LogP) is 0.949. The number of nitrogens with one attached hydrogen (secondary N) is 1. The van der Waals surface area contributed by atoms with E-state index in [0.717, 1.165) is 5.69 Å². The minimum absolute atomic E-state index is 0.524. The smallest absolute Gasteiger partial charge is 0.172 e. The summed E-state index contributed by atoms with van der Waals surface area (Å²) in [5.41, 5.74) is 3.77. The second-order valence-corrected chi connectivity index (χ2v) is 2.44. The van der Waals surface area contributed by atoms with Crippen molar-refractivity contribution in [1.29, 1.82) is 0 Å². The van der Waals surface area contributed by atoms with Crippen molar-refractivity contribution in [3.05, 3.63) is 24.0 Å². The molecule has 0 amide bonds. The first-order valence-electron chi connectivity index (χ1n) is 2.99. The maximum absolute atomic E-state index is 5.76. The Morgan fingerprint density at radius 3 is 3.40 bits per heavy atom. The summed E-state index contributed by atoms with van der Waals surface area (Å²) in [5, 5.41) is 4.38. The molecule has 0 aliphatic carbocycles. The lowest BCUT2D eigenvalue weighted by Gasteiger charge is -2.12. The molecule has 0 spiro atoms. The molecular weight excluding hydrogens is 150 g/mol. The van der Waals surface area contributed by atoms with Crippen molar-refractivity contribution in [1.82, 2.24) is 9.99 Å². The van der Waals surface area contributed by atoms with Gasteiger partial charge in [-0.3, -0.25) is 5.43 Å². The average molecular weight is 156 g/mol. The summed E-state index contributed by atoms with van der Waals surface area (Å²) >= 11 is 5.76. The fourth-order valence-electron chi connectivity index (χ4n) is 0.977.